The Hall–Kier alpha value is -2.36. The Labute approximate surface area is 104 Å². The summed E-state index contributed by atoms with van der Waals surface area (Å²) in [6.07, 6.45) is 0. The lowest BCUT2D eigenvalue weighted by atomic mass is 10.1. The van der Waals surface area contributed by atoms with E-state index in [9.17, 15) is 14.3 Å². The van der Waals surface area contributed by atoms with Crippen LogP contribution >= 0.6 is 0 Å². The minimum atomic E-state index is -1.30. The van der Waals surface area contributed by atoms with E-state index in [1.807, 2.05) is 0 Å². The lowest BCUT2D eigenvalue weighted by Crippen LogP contribution is -2.34. The Morgan fingerprint density at radius 1 is 1.06 bits per heavy atom. The van der Waals surface area contributed by atoms with E-state index in [2.05, 4.69) is 5.32 Å². The van der Waals surface area contributed by atoms with Crippen LogP contribution in [0.1, 0.15) is 11.6 Å². The van der Waals surface area contributed by atoms with E-state index in [-0.39, 0.29) is 5.69 Å². The molecule has 2 aromatic rings. The highest BCUT2D eigenvalue weighted by Gasteiger charge is 2.13. The van der Waals surface area contributed by atoms with Crippen LogP contribution in [-0.2, 0) is 4.79 Å². The van der Waals surface area contributed by atoms with Crippen LogP contribution in [0.15, 0.2) is 54.6 Å². The van der Waals surface area contributed by atoms with Gasteiger partial charge in [0.15, 0.2) is 0 Å². The summed E-state index contributed by atoms with van der Waals surface area (Å²) < 4.78 is 13.5. The van der Waals surface area contributed by atoms with Crippen LogP contribution in [0.5, 0.6) is 0 Å². The zero-order valence-corrected chi connectivity index (χ0v) is 9.47. The Morgan fingerprint density at radius 3 is 2.28 bits per heavy atom. The van der Waals surface area contributed by atoms with Gasteiger partial charge < -0.3 is 15.2 Å². The Kier molecular flexibility index (Phi) is 3.57. The number of hydrogen-bond acceptors (Lipinski definition) is 3. The molecule has 92 valence electrons. The van der Waals surface area contributed by atoms with Gasteiger partial charge in [-0.15, -0.1) is 0 Å². The van der Waals surface area contributed by atoms with Gasteiger partial charge in [-0.3, -0.25) is 0 Å². The highest BCUT2D eigenvalue weighted by molar-refractivity contribution is 5.77. The lowest BCUT2D eigenvalue weighted by molar-refractivity contribution is -0.307. The van der Waals surface area contributed by atoms with Gasteiger partial charge in [0.1, 0.15) is 5.82 Å². The van der Waals surface area contributed by atoms with Gasteiger partial charge in [-0.2, -0.15) is 0 Å². The minimum absolute atomic E-state index is 0.135. The van der Waals surface area contributed by atoms with E-state index < -0.39 is 17.8 Å². The molecule has 1 atom stereocenters. The monoisotopic (exact) mass is 244 g/mol. The third-order valence-corrected chi connectivity index (χ3v) is 2.54. The SMILES string of the molecule is O=C([O-])[C@@H](Nc1ccccc1F)c1ccccc1. The van der Waals surface area contributed by atoms with Crippen LogP contribution < -0.4 is 10.4 Å². The molecule has 1 N–H and O–H groups in total. The van der Waals surface area contributed by atoms with Gasteiger partial charge in [-0.1, -0.05) is 42.5 Å². The second kappa shape index (κ2) is 5.31. The number of aliphatic carboxylic acids is 1. The summed E-state index contributed by atoms with van der Waals surface area (Å²) in [7, 11) is 0. The van der Waals surface area contributed by atoms with E-state index in [0.717, 1.165) is 0 Å². The van der Waals surface area contributed by atoms with Crippen molar-refractivity contribution >= 4 is 11.7 Å². The number of carbonyl (C=O) groups is 1. The fourth-order valence-corrected chi connectivity index (χ4v) is 1.66. The maximum Gasteiger partial charge on any atom is 0.146 e. The number of carboxylic acid groups (broad SMARTS) is 1. The molecular formula is C14H11FNO2-. The first kappa shape index (κ1) is 12.1. The van der Waals surface area contributed by atoms with Crippen LogP contribution in [0.25, 0.3) is 0 Å². The van der Waals surface area contributed by atoms with Crippen LogP contribution in [-0.4, -0.2) is 5.97 Å². The van der Waals surface area contributed by atoms with Crippen molar-refractivity contribution in [2.24, 2.45) is 0 Å². The number of anilines is 1. The highest BCUT2D eigenvalue weighted by Crippen LogP contribution is 2.21. The molecule has 0 aliphatic heterocycles. The first-order valence-electron chi connectivity index (χ1n) is 5.45. The molecule has 3 nitrogen and oxygen atoms in total. The molecule has 0 aliphatic rings. The molecule has 0 aromatic heterocycles. The highest BCUT2D eigenvalue weighted by atomic mass is 19.1. The summed E-state index contributed by atoms with van der Waals surface area (Å²) >= 11 is 0. The van der Waals surface area contributed by atoms with Crippen LogP contribution in [0.3, 0.4) is 0 Å². The number of carboxylic acids is 1. The maximum atomic E-state index is 13.5. The Morgan fingerprint density at radius 2 is 1.67 bits per heavy atom. The van der Waals surface area contributed by atoms with Crippen molar-refractivity contribution in [2.45, 2.75) is 6.04 Å². The van der Waals surface area contributed by atoms with Gasteiger partial charge in [0.05, 0.1) is 17.7 Å². The van der Waals surface area contributed by atoms with Crippen molar-refractivity contribution < 1.29 is 14.3 Å². The van der Waals surface area contributed by atoms with E-state index in [1.54, 1.807) is 36.4 Å². The van der Waals surface area contributed by atoms with Gasteiger partial charge in [-0.05, 0) is 17.7 Å². The largest absolute Gasteiger partial charge is 0.548 e. The van der Waals surface area contributed by atoms with E-state index in [4.69, 9.17) is 0 Å². The zero-order chi connectivity index (χ0) is 13.0. The fraction of sp³-hybridized carbons (Fsp3) is 0.0714. The van der Waals surface area contributed by atoms with Gasteiger partial charge in [0.25, 0.3) is 0 Å². The van der Waals surface area contributed by atoms with Crippen molar-refractivity contribution in [1.82, 2.24) is 0 Å². The van der Waals surface area contributed by atoms with Crippen LogP contribution in [0.2, 0.25) is 0 Å². The molecule has 0 radical (unpaired) electrons. The number of carbonyl (C=O) groups excluding carboxylic acids is 1. The number of hydrogen-bond donors (Lipinski definition) is 1. The van der Waals surface area contributed by atoms with Gasteiger partial charge >= 0.3 is 0 Å². The van der Waals surface area contributed by atoms with Gasteiger partial charge in [-0.25, -0.2) is 4.39 Å². The molecule has 18 heavy (non-hydrogen) atoms. The van der Waals surface area contributed by atoms with Crippen molar-refractivity contribution in [3.05, 3.63) is 66.0 Å². The molecule has 2 rings (SSSR count). The maximum absolute atomic E-state index is 13.5. The first-order valence-corrected chi connectivity index (χ1v) is 5.45. The average Bonchev–Trinajstić information content (AvgIpc) is 2.38. The Balaban J connectivity index is 2.28. The van der Waals surface area contributed by atoms with Crippen LogP contribution in [0.4, 0.5) is 10.1 Å². The fourth-order valence-electron chi connectivity index (χ4n) is 1.66. The van der Waals surface area contributed by atoms with E-state index >= 15 is 0 Å². The number of nitrogens with one attached hydrogen (secondary N) is 1. The molecule has 0 fully saturated rings. The molecule has 0 spiro atoms. The zero-order valence-electron chi connectivity index (χ0n) is 9.47. The topological polar surface area (TPSA) is 52.2 Å². The molecule has 0 amide bonds. The summed E-state index contributed by atoms with van der Waals surface area (Å²) in [5, 5.41) is 13.7. The Bertz CT molecular complexity index is 543. The molecular weight excluding hydrogens is 233 g/mol. The summed E-state index contributed by atoms with van der Waals surface area (Å²) in [5.41, 5.74) is 0.649. The van der Waals surface area contributed by atoms with Crippen LogP contribution in [0, 0.1) is 5.82 Å². The van der Waals surface area contributed by atoms with Crippen molar-refractivity contribution in [2.75, 3.05) is 5.32 Å². The predicted molar refractivity (Wildman–Crippen MR) is 64.2 cm³/mol. The molecule has 0 unspecified atom stereocenters. The normalized spacial score (nSPS) is 11.8. The number of para-hydroxylation sites is 1. The summed E-state index contributed by atoms with van der Waals surface area (Å²) in [6.45, 7) is 0. The molecule has 0 heterocycles. The molecule has 4 heteroatoms. The second-order valence-corrected chi connectivity index (χ2v) is 3.79. The van der Waals surface area contributed by atoms with Crippen molar-refractivity contribution in [1.29, 1.82) is 0 Å². The van der Waals surface area contributed by atoms with Crippen molar-refractivity contribution in [3.8, 4) is 0 Å². The van der Waals surface area contributed by atoms with Crippen molar-refractivity contribution in [3.63, 3.8) is 0 Å². The molecule has 2 aromatic carbocycles. The third kappa shape index (κ3) is 2.66. The molecule has 0 bridgehead atoms. The summed E-state index contributed by atoms with van der Waals surface area (Å²) in [4.78, 5) is 11.1. The first-order chi connectivity index (χ1) is 8.68. The molecule has 0 aliphatic carbocycles. The standard InChI is InChI=1S/C14H12FNO2/c15-11-8-4-5-9-12(11)16-13(14(17)18)10-6-2-1-3-7-10/h1-9,13,16H,(H,17,18)/p-1/t13-/m0/s1. The molecule has 0 saturated heterocycles. The number of halogens is 1. The van der Waals surface area contributed by atoms with E-state index in [0.29, 0.717) is 5.56 Å². The lowest BCUT2D eigenvalue weighted by Gasteiger charge is -2.21. The average molecular weight is 244 g/mol. The quantitative estimate of drug-likeness (QED) is 0.891. The predicted octanol–water partition coefficient (Wildman–Crippen LogP) is 1.73. The van der Waals surface area contributed by atoms with Gasteiger partial charge in [0.2, 0.25) is 0 Å². The van der Waals surface area contributed by atoms with Gasteiger partial charge in [0, 0.05) is 0 Å². The second-order valence-electron chi connectivity index (χ2n) is 3.79. The smallest absolute Gasteiger partial charge is 0.146 e. The third-order valence-electron chi connectivity index (χ3n) is 2.54. The number of rotatable bonds is 4. The summed E-state index contributed by atoms with van der Waals surface area (Å²) in [6, 6.07) is 13.3. The summed E-state index contributed by atoms with van der Waals surface area (Å²) in [5.74, 6) is -1.80. The molecule has 0 saturated carbocycles. The minimum Gasteiger partial charge on any atom is -0.548 e. The van der Waals surface area contributed by atoms with E-state index in [1.165, 1.54) is 18.2 Å². The number of benzene rings is 2.